The maximum Gasteiger partial charge on any atom is 0.227 e. The summed E-state index contributed by atoms with van der Waals surface area (Å²) in [4.78, 5) is 8.06. The maximum absolute atomic E-state index is 12.9. The van der Waals surface area contributed by atoms with Crippen molar-refractivity contribution in [3.8, 4) is 11.6 Å². The van der Waals surface area contributed by atoms with Gasteiger partial charge >= 0.3 is 0 Å². The van der Waals surface area contributed by atoms with Crippen molar-refractivity contribution in [2.45, 2.75) is 6.92 Å². The molecule has 6 heteroatoms. The van der Waals surface area contributed by atoms with Gasteiger partial charge in [0.1, 0.15) is 23.7 Å². The van der Waals surface area contributed by atoms with E-state index in [0.717, 1.165) is 5.56 Å². The van der Waals surface area contributed by atoms with Crippen LogP contribution >= 0.6 is 11.6 Å². The second-order valence-corrected chi connectivity index (χ2v) is 3.99. The number of nitrogens with one attached hydrogen (secondary N) is 1. The van der Waals surface area contributed by atoms with E-state index in [1.165, 1.54) is 24.5 Å². The van der Waals surface area contributed by atoms with Crippen LogP contribution in [-0.2, 0) is 0 Å². The highest BCUT2D eigenvalue weighted by Gasteiger charge is 2.10. The first-order chi connectivity index (χ1) is 8.61. The Hall–Kier alpha value is -1.88. The Labute approximate surface area is 109 Å². The van der Waals surface area contributed by atoms with Gasteiger partial charge in [-0.3, -0.25) is 0 Å². The Morgan fingerprint density at radius 1 is 1.33 bits per heavy atom. The minimum Gasteiger partial charge on any atom is -0.437 e. The van der Waals surface area contributed by atoms with Gasteiger partial charge < -0.3 is 10.1 Å². The second kappa shape index (κ2) is 5.18. The molecular weight excluding hydrogens is 257 g/mol. The fourth-order valence-corrected chi connectivity index (χ4v) is 1.66. The Morgan fingerprint density at radius 3 is 2.78 bits per heavy atom. The van der Waals surface area contributed by atoms with E-state index in [9.17, 15) is 4.39 Å². The third kappa shape index (κ3) is 2.51. The molecule has 1 heterocycles. The smallest absolute Gasteiger partial charge is 0.227 e. The highest BCUT2D eigenvalue weighted by atomic mass is 35.5. The van der Waals surface area contributed by atoms with Gasteiger partial charge in [0.25, 0.3) is 0 Å². The average Bonchev–Trinajstić information content (AvgIpc) is 2.35. The van der Waals surface area contributed by atoms with E-state index in [2.05, 4.69) is 15.3 Å². The largest absolute Gasteiger partial charge is 0.437 e. The zero-order chi connectivity index (χ0) is 13.1. The zero-order valence-corrected chi connectivity index (χ0v) is 10.6. The topological polar surface area (TPSA) is 47.0 Å². The number of anilines is 1. The SMILES string of the molecule is CNc1ncnc(Oc2ccc(F)cc2Cl)c1C. The summed E-state index contributed by atoms with van der Waals surface area (Å²) < 4.78 is 18.5. The molecule has 0 aliphatic rings. The van der Waals surface area contributed by atoms with Crippen LogP contribution in [0, 0.1) is 12.7 Å². The summed E-state index contributed by atoms with van der Waals surface area (Å²) in [6, 6.07) is 3.92. The average molecular weight is 268 g/mol. The molecule has 1 aromatic heterocycles. The summed E-state index contributed by atoms with van der Waals surface area (Å²) in [6.45, 7) is 1.82. The molecule has 0 saturated heterocycles. The highest BCUT2D eigenvalue weighted by molar-refractivity contribution is 6.32. The highest BCUT2D eigenvalue weighted by Crippen LogP contribution is 2.31. The second-order valence-electron chi connectivity index (χ2n) is 3.58. The van der Waals surface area contributed by atoms with Crippen molar-refractivity contribution in [2.75, 3.05) is 12.4 Å². The number of halogens is 2. The van der Waals surface area contributed by atoms with Crippen molar-refractivity contribution >= 4 is 17.4 Å². The molecule has 18 heavy (non-hydrogen) atoms. The van der Waals surface area contributed by atoms with Crippen LogP contribution in [0.2, 0.25) is 5.02 Å². The Balaban J connectivity index is 2.34. The molecule has 0 amide bonds. The molecule has 4 nitrogen and oxygen atoms in total. The third-order valence-corrected chi connectivity index (χ3v) is 2.67. The number of hydrogen-bond acceptors (Lipinski definition) is 4. The summed E-state index contributed by atoms with van der Waals surface area (Å²) in [7, 11) is 1.75. The number of aromatic nitrogens is 2. The van der Waals surface area contributed by atoms with Gasteiger partial charge in [0, 0.05) is 7.05 Å². The number of benzene rings is 1. The van der Waals surface area contributed by atoms with E-state index >= 15 is 0 Å². The van der Waals surface area contributed by atoms with Crippen LogP contribution in [0.4, 0.5) is 10.2 Å². The van der Waals surface area contributed by atoms with Crippen LogP contribution in [-0.4, -0.2) is 17.0 Å². The minimum atomic E-state index is -0.414. The molecule has 2 rings (SSSR count). The van der Waals surface area contributed by atoms with Gasteiger partial charge in [-0.25, -0.2) is 14.4 Å². The predicted octanol–water partition coefficient (Wildman–Crippen LogP) is 3.41. The fraction of sp³-hybridized carbons (Fsp3) is 0.167. The van der Waals surface area contributed by atoms with Crippen molar-refractivity contribution in [3.63, 3.8) is 0 Å². The minimum absolute atomic E-state index is 0.194. The number of ether oxygens (including phenoxy) is 1. The molecule has 0 saturated carbocycles. The summed E-state index contributed by atoms with van der Waals surface area (Å²) in [5, 5.41) is 3.11. The van der Waals surface area contributed by atoms with Crippen molar-refractivity contribution < 1.29 is 9.13 Å². The third-order valence-electron chi connectivity index (χ3n) is 2.38. The van der Waals surface area contributed by atoms with Gasteiger partial charge in [-0.05, 0) is 25.1 Å². The zero-order valence-electron chi connectivity index (χ0n) is 9.87. The van der Waals surface area contributed by atoms with Crippen molar-refractivity contribution in [1.29, 1.82) is 0 Å². The normalized spacial score (nSPS) is 10.2. The summed E-state index contributed by atoms with van der Waals surface area (Å²) in [5.41, 5.74) is 0.750. The molecule has 0 aliphatic heterocycles. The van der Waals surface area contributed by atoms with E-state index in [1.807, 2.05) is 6.92 Å². The van der Waals surface area contributed by atoms with Gasteiger partial charge in [-0.2, -0.15) is 0 Å². The molecule has 0 radical (unpaired) electrons. The van der Waals surface area contributed by atoms with Crippen LogP contribution < -0.4 is 10.1 Å². The Bertz CT molecular complexity index is 577. The van der Waals surface area contributed by atoms with Gasteiger partial charge in [-0.1, -0.05) is 11.6 Å². The summed E-state index contributed by atoms with van der Waals surface area (Å²) in [5.74, 6) is 0.977. The fourth-order valence-electron chi connectivity index (χ4n) is 1.45. The lowest BCUT2D eigenvalue weighted by Gasteiger charge is -2.10. The van der Waals surface area contributed by atoms with Gasteiger partial charge in [-0.15, -0.1) is 0 Å². The van der Waals surface area contributed by atoms with Crippen LogP contribution in [0.1, 0.15) is 5.56 Å². The molecule has 1 N–H and O–H groups in total. The van der Waals surface area contributed by atoms with Gasteiger partial charge in [0.05, 0.1) is 10.6 Å². The van der Waals surface area contributed by atoms with Gasteiger partial charge in [0.15, 0.2) is 0 Å². The van der Waals surface area contributed by atoms with Crippen LogP contribution in [0.25, 0.3) is 0 Å². The lowest BCUT2D eigenvalue weighted by molar-refractivity contribution is 0.456. The molecule has 0 fully saturated rings. The van der Waals surface area contributed by atoms with E-state index in [1.54, 1.807) is 7.05 Å². The molecular formula is C12H11ClFN3O. The quantitative estimate of drug-likeness (QED) is 0.926. The number of hydrogen-bond donors (Lipinski definition) is 1. The van der Waals surface area contributed by atoms with Gasteiger partial charge in [0.2, 0.25) is 5.88 Å². The number of nitrogens with zero attached hydrogens (tertiary/aromatic N) is 2. The Morgan fingerprint density at radius 2 is 2.11 bits per heavy atom. The van der Waals surface area contributed by atoms with Crippen molar-refractivity contribution in [2.24, 2.45) is 0 Å². The first kappa shape index (κ1) is 12.6. The predicted molar refractivity (Wildman–Crippen MR) is 67.8 cm³/mol. The molecule has 0 spiro atoms. The number of rotatable bonds is 3. The molecule has 0 unspecified atom stereocenters. The molecule has 2 aromatic rings. The lowest BCUT2D eigenvalue weighted by Crippen LogP contribution is -2.00. The maximum atomic E-state index is 12.9. The summed E-state index contributed by atoms with van der Waals surface area (Å²) in [6.07, 6.45) is 1.38. The Kier molecular flexibility index (Phi) is 3.62. The molecule has 0 atom stereocenters. The first-order valence-electron chi connectivity index (χ1n) is 5.24. The molecule has 1 aromatic carbocycles. The molecule has 94 valence electrons. The van der Waals surface area contributed by atoms with E-state index in [0.29, 0.717) is 17.4 Å². The summed E-state index contributed by atoms with van der Waals surface area (Å²) >= 11 is 5.88. The lowest BCUT2D eigenvalue weighted by atomic mass is 10.3. The van der Waals surface area contributed by atoms with Crippen LogP contribution in [0.3, 0.4) is 0 Å². The van der Waals surface area contributed by atoms with Crippen molar-refractivity contribution in [1.82, 2.24) is 9.97 Å². The van der Waals surface area contributed by atoms with E-state index < -0.39 is 5.82 Å². The van der Waals surface area contributed by atoms with E-state index in [-0.39, 0.29) is 5.02 Å². The van der Waals surface area contributed by atoms with Crippen molar-refractivity contribution in [3.05, 3.63) is 40.9 Å². The standard InChI is InChI=1S/C12H11ClFN3O/c1-7-11(15-2)16-6-17-12(7)18-10-4-3-8(14)5-9(10)13/h3-6H,1-2H3,(H,15,16,17). The van der Waals surface area contributed by atoms with Crippen LogP contribution in [0.15, 0.2) is 24.5 Å². The van der Waals surface area contributed by atoms with Crippen LogP contribution in [0.5, 0.6) is 11.6 Å². The molecule has 0 aliphatic carbocycles. The van der Waals surface area contributed by atoms with E-state index in [4.69, 9.17) is 16.3 Å². The monoisotopic (exact) mass is 267 g/mol. The molecule has 0 bridgehead atoms. The first-order valence-corrected chi connectivity index (χ1v) is 5.62.